The molecule has 8 heteroatoms. The van der Waals surface area contributed by atoms with Crippen molar-refractivity contribution in [2.75, 3.05) is 13.6 Å². The number of hydrogen-bond acceptors (Lipinski definition) is 3. The molecule has 0 unspecified atom stereocenters. The van der Waals surface area contributed by atoms with E-state index in [1.54, 1.807) is 18.2 Å². The van der Waals surface area contributed by atoms with Crippen LogP contribution in [0.15, 0.2) is 34.2 Å². The smallest absolute Gasteiger partial charge is 0.240 e. The maximum absolute atomic E-state index is 11.8. The fourth-order valence-electron chi connectivity index (χ4n) is 1.69. The summed E-state index contributed by atoms with van der Waals surface area (Å²) in [6.45, 7) is 7.25. The molecule has 0 fully saturated rings. The third-order valence-corrected chi connectivity index (χ3v) is 4.08. The first kappa shape index (κ1) is 21.1. The van der Waals surface area contributed by atoms with Crippen molar-refractivity contribution in [3.8, 4) is 0 Å². The van der Waals surface area contributed by atoms with E-state index in [1.165, 1.54) is 7.05 Å². The Kier molecular flexibility index (Phi) is 9.61. The zero-order valence-corrected chi connectivity index (χ0v) is 16.5. The third-order valence-electron chi connectivity index (χ3n) is 2.67. The van der Waals surface area contributed by atoms with Crippen LogP contribution in [0.25, 0.3) is 0 Å². The van der Waals surface area contributed by atoms with Crippen LogP contribution >= 0.6 is 24.0 Å². The predicted molar refractivity (Wildman–Crippen MR) is 101 cm³/mol. The van der Waals surface area contributed by atoms with E-state index in [0.717, 1.165) is 18.1 Å². The quantitative estimate of drug-likeness (QED) is 0.357. The Labute approximate surface area is 150 Å². The van der Waals surface area contributed by atoms with Crippen LogP contribution in [-0.2, 0) is 16.6 Å². The van der Waals surface area contributed by atoms with Crippen molar-refractivity contribution in [2.24, 2.45) is 4.99 Å². The van der Waals surface area contributed by atoms with Crippen LogP contribution in [-0.4, -0.2) is 34.0 Å². The Morgan fingerprint density at radius 1 is 1.32 bits per heavy atom. The summed E-state index contributed by atoms with van der Waals surface area (Å²) in [6.07, 6.45) is 0. The molecule has 0 radical (unpaired) electrons. The predicted octanol–water partition coefficient (Wildman–Crippen LogP) is 1.68. The second-order valence-corrected chi connectivity index (χ2v) is 6.74. The Morgan fingerprint density at radius 2 is 2.00 bits per heavy atom. The second kappa shape index (κ2) is 10.0. The summed E-state index contributed by atoms with van der Waals surface area (Å²) in [7, 11) is -2.02. The zero-order chi connectivity index (χ0) is 15.9. The van der Waals surface area contributed by atoms with E-state index in [-0.39, 0.29) is 34.9 Å². The summed E-state index contributed by atoms with van der Waals surface area (Å²) in [6, 6.07) is 7.05. The van der Waals surface area contributed by atoms with E-state index in [2.05, 4.69) is 20.3 Å². The van der Waals surface area contributed by atoms with Crippen molar-refractivity contribution >= 4 is 40.0 Å². The zero-order valence-electron chi connectivity index (χ0n) is 13.4. The van der Waals surface area contributed by atoms with Crippen LogP contribution in [0.4, 0.5) is 0 Å². The number of nitrogens with zero attached hydrogens (tertiary/aromatic N) is 1. The van der Waals surface area contributed by atoms with E-state index in [0.29, 0.717) is 6.54 Å². The van der Waals surface area contributed by atoms with Gasteiger partial charge in [0.2, 0.25) is 10.0 Å². The molecular weight excluding hydrogens is 415 g/mol. The first-order valence-corrected chi connectivity index (χ1v) is 8.44. The van der Waals surface area contributed by atoms with Gasteiger partial charge in [0.15, 0.2) is 5.96 Å². The number of rotatable bonds is 6. The Hall–Kier alpha value is -0.870. The van der Waals surface area contributed by atoms with Gasteiger partial charge in [0.25, 0.3) is 0 Å². The molecule has 1 rings (SSSR count). The first-order valence-electron chi connectivity index (χ1n) is 6.96. The normalized spacial score (nSPS) is 12.0. The lowest BCUT2D eigenvalue weighted by Gasteiger charge is -2.14. The number of halogens is 1. The van der Waals surface area contributed by atoms with Crippen molar-refractivity contribution in [1.29, 1.82) is 0 Å². The second-order valence-electron chi connectivity index (χ2n) is 4.85. The minimum absolute atomic E-state index is 0. The number of aliphatic imine (C=N–C) groups is 1. The topological polar surface area (TPSA) is 82.6 Å². The van der Waals surface area contributed by atoms with E-state index in [4.69, 9.17) is 0 Å². The Balaban J connectivity index is 0.00000441. The van der Waals surface area contributed by atoms with Crippen LogP contribution in [0.3, 0.4) is 0 Å². The third kappa shape index (κ3) is 6.93. The molecule has 1 aromatic rings. The molecule has 6 nitrogen and oxygen atoms in total. The molecule has 0 saturated carbocycles. The highest BCUT2D eigenvalue weighted by Crippen LogP contribution is 2.11. The molecule has 0 heterocycles. The monoisotopic (exact) mass is 440 g/mol. The van der Waals surface area contributed by atoms with Gasteiger partial charge in [-0.15, -0.1) is 24.0 Å². The van der Waals surface area contributed by atoms with E-state index in [1.807, 2.05) is 26.8 Å². The van der Waals surface area contributed by atoms with Gasteiger partial charge in [0.05, 0.1) is 11.4 Å². The number of sulfonamides is 1. The molecule has 0 atom stereocenters. The van der Waals surface area contributed by atoms with Gasteiger partial charge in [-0.05, 0) is 45.5 Å². The Morgan fingerprint density at radius 3 is 2.55 bits per heavy atom. The molecule has 126 valence electrons. The van der Waals surface area contributed by atoms with Gasteiger partial charge in [0, 0.05) is 12.6 Å². The molecule has 0 amide bonds. The van der Waals surface area contributed by atoms with Gasteiger partial charge in [-0.1, -0.05) is 12.1 Å². The summed E-state index contributed by atoms with van der Waals surface area (Å²) in [5.74, 6) is 0.717. The fraction of sp³-hybridized carbons (Fsp3) is 0.500. The lowest BCUT2D eigenvalue weighted by Crippen LogP contribution is -2.41. The molecule has 0 aliphatic carbocycles. The molecule has 1 aromatic carbocycles. The molecule has 0 spiro atoms. The van der Waals surface area contributed by atoms with E-state index < -0.39 is 10.0 Å². The van der Waals surface area contributed by atoms with Crippen LogP contribution in [0.5, 0.6) is 0 Å². The van der Waals surface area contributed by atoms with E-state index >= 15 is 0 Å². The molecule has 0 saturated heterocycles. The van der Waals surface area contributed by atoms with Crippen LogP contribution < -0.4 is 15.4 Å². The number of guanidine groups is 1. The van der Waals surface area contributed by atoms with Crippen LogP contribution in [0.2, 0.25) is 0 Å². The van der Waals surface area contributed by atoms with Crippen molar-refractivity contribution in [1.82, 2.24) is 15.4 Å². The molecule has 0 aromatic heterocycles. The lowest BCUT2D eigenvalue weighted by atomic mass is 10.2. The Bertz CT molecular complexity index is 588. The van der Waals surface area contributed by atoms with Crippen molar-refractivity contribution in [3.63, 3.8) is 0 Å². The minimum Gasteiger partial charge on any atom is -0.357 e. The van der Waals surface area contributed by atoms with Crippen molar-refractivity contribution in [2.45, 2.75) is 38.3 Å². The molecular formula is C14H25IN4O2S. The highest BCUT2D eigenvalue weighted by molar-refractivity contribution is 14.0. The lowest BCUT2D eigenvalue weighted by molar-refractivity contribution is 0.588. The summed E-state index contributed by atoms with van der Waals surface area (Å²) < 4.78 is 25.8. The van der Waals surface area contributed by atoms with Crippen LogP contribution in [0, 0.1) is 0 Å². The molecule has 22 heavy (non-hydrogen) atoms. The van der Waals surface area contributed by atoms with Crippen molar-refractivity contribution < 1.29 is 8.42 Å². The number of nitrogens with one attached hydrogen (secondary N) is 3. The van der Waals surface area contributed by atoms with Crippen molar-refractivity contribution in [3.05, 3.63) is 29.8 Å². The first-order chi connectivity index (χ1) is 9.89. The van der Waals surface area contributed by atoms with Gasteiger partial charge in [-0.3, -0.25) is 0 Å². The maximum Gasteiger partial charge on any atom is 0.240 e. The van der Waals surface area contributed by atoms with Gasteiger partial charge in [-0.2, -0.15) is 0 Å². The van der Waals surface area contributed by atoms with E-state index in [9.17, 15) is 8.42 Å². The molecule has 3 N–H and O–H groups in total. The molecule has 0 aliphatic rings. The highest BCUT2D eigenvalue weighted by Gasteiger charge is 2.11. The largest absolute Gasteiger partial charge is 0.357 e. The summed E-state index contributed by atoms with van der Waals surface area (Å²) >= 11 is 0. The average molecular weight is 440 g/mol. The molecule has 0 bridgehead atoms. The van der Waals surface area contributed by atoms with Gasteiger partial charge < -0.3 is 10.6 Å². The molecule has 0 aliphatic heterocycles. The maximum atomic E-state index is 11.8. The summed E-state index contributed by atoms with van der Waals surface area (Å²) in [4.78, 5) is 4.70. The highest BCUT2D eigenvalue weighted by atomic mass is 127. The summed E-state index contributed by atoms with van der Waals surface area (Å²) in [5, 5.41) is 6.36. The standard InChI is InChI=1S/C14H24N4O2S.HI/c1-5-16-14(18-11(2)3)17-10-12-7-6-8-13(9-12)21(19,20)15-4;/h6-9,11,15H,5,10H2,1-4H3,(H2,16,17,18);1H. The van der Waals surface area contributed by atoms with Gasteiger partial charge >= 0.3 is 0 Å². The van der Waals surface area contributed by atoms with Gasteiger partial charge in [-0.25, -0.2) is 18.1 Å². The fourth-order valence-corrected chi connectivity index (χ4v) is 2.49. The SMILES string of the molecule is CCNC(=NCc1cccc(S(=O)(=O)NC)c1)NC(C)C.I. The van der Waals surface area contributed by atoms with Crippen LogP contribution in [0.1, 0.15) is 26.3 Å². The number of hydrogen-bond donors (Lipinski definition) is 3. The average Bonchev–Trinajstić information content (AvgIpc) is 2.45. The minimum atomic E-state index is -3.42. The number of benzene rings is 1. The summed E-state index contributed by atoms with van der Waals surface area (Å²) in [5.41, 5.74) is 0.840. The van der Waals surface area contributed by atoms with Gasteiger partial charge in [0.1, 0.15) is 0 Å².